The molecular formula is C10H19N3S. The van der Waals surface area contributed by atoms with Crippen molar-refractivity contribution < 1.29 is 0 Å². The summed E-state index contributed by atoms with van der Waals surface area (Å²) in [6, 6.07) is 1.30. The van der Waals surface area contributed by atoms with Crippen LogP contribution in [0.3, 0.4) is 0 Å². The topological polar surface area (TPSA) is 27.6 Å². The van der Waals surface area contributed by atoms with Crippen molar-refractivity contribution in [3.8, 4) is 0 Å². The maximum Gasteiger partial charge on any atom is 0.156 e. The molecule has 0 aliphatic carbocycles. The van der Waals surface area contributed by atoms with Gasteiger partial charge in [0.25, 0.3) is 0 Å². The van der Waals surface area contributed by atoms with Crippen LogP contribution < -0.4 is 5.32 Å². The smallest absolute Gasteiger partial charge is 0.156 e. The lowest BCUT2D eigenvalue weighted by atomic mass is 10.2. The summed E-state index contributed by atoms with van der Waals surface area (Å²) in [4.78, 5) is 6.92. The molecule has 2 atom stereocenters. The summed E-state index contributed by atoms with van der Waals surface area (Å²) in [6.45, 7) is 4.39. The standard InChI is InChI=1S/C10H19N3S/c1-8-6-11-10(12-8)14-7-9-4-3-5-13(9)2/h8-9H,3-7H2,1-2H3,(H,11,12). The van der Waals surface area contributed by atoms with Gasteiger partial charge in [0.15, 0.2) is 5.17 Å². The minimum absolute atomic E-state index is 0.541. The van der Waals surface area contributed by atoms with Gasteiger partial charge in [0.05, 0.1) is 6.54 Å². The summed E-state index contributed by atoms with van der Waals surface area (Å²) in [6.07, 6.45) is 2.71. The molecule has 2 heterocycles. The van der Waals surface area contributed by atoms with Crippen molar-refractivity contribution in [3.63, 3.8) is 0 Å². The van der Waals surface area contributed by atoms with Crippen molar-refractivity contribution in [1.82, 2.24) is 10.2 Å². The highest BCUT2D eigenvalue weighted by Gasteiger charge is 2.22. The van der Waals surface area contributed by atoms with Crippen LogP contribution in [0, 0.1) is 0 Å². The SMILES string of the molecule is CC1CN=C(SCC2CCCN2C)N1. The largest absolute Gasteiger partial charge is 0.361 e. The first-order chi connectivity index (χ1) is 6.75. The maximum atomic E-state index is 4.45. The molecule has 3 nitrogen and oxygen atoms in total. The molecule has 0 saturated carbocycles. The molecule has 4 heteroatoms. The highest BCUT2D eigenvalue weighted by Crippen LogP contribution is 2.20. The maximum absolute atomic E-state index is 4.45. The number of nitrogens with zero attached hydrogens (tertiary/aromatic N) is 2. The van der Waals surface area contributed by atoms with E-state index in [1.807, 2.05) is 11.8 Å². The molecule has 1 fully saturated rings. The average Bonchev–Trinajstić information content (AvgIpc) is 2.72. The number of thioether (sulfide) groups is 1. The summed E-state index contributed by atoms with van der Waals surface area (Å²) in [5.41, 5.74) is 0. The van der Waals surface area contributed by atoms with Crippen molar-refractivity contribution >= 4 is 16.9 Å². The lowest BCUT2D eigenvalue weighted by molar-refractivity contribution is 0.335. The number of nitrogens with one attached hydrogen (secondary N) is 1. The molecule has 2 rings (SSSR count). The van der Waals surface area contributed by atoms with E-state index in [-0.39, 0.29) is 0 Å². The van der Waals surface area contributed by atoms with E-state index in [1.54, 1.807) is 0 Å². The van der Waals surface area contributed by atoms with Crippen LogP contribution in [0.15, 0.2) is 4.99 Å². The van der Waals surface area contributed by atoms with E-state index in [0.717, 1.165) is 17.8 Å². The Bertz CT molecular complexity index is 229. The second-order valence-corrected chi connectivity index (χ2v) is 5.29. The molecule has 0 aromatic rings. The summed E-state index contributed by atoms with van der Waals surface area (Å²) in [5.74, 6) is 1.19. The lowest BCUT2D eigenvalue weighted by Crippen LogP contribution is -2.30. The van der Waals surface area contributed by atoms with Crippen molar-refractivity contribution in [2.75, 3.05) is 25.9 Å². The van der Waals surface area contributed by atoms with E-state index < -0.39 is 0 Å². The van der Waals surface area contributed by atoms with Crippen LogP contribution in [-0.4, -0.2) is 48.0 Å². The van der Waals surface area contributed by atoms with Gasteiger partial charge in [-0.05, 0) is 33.4 Å². The Hall–Kier alpha value is -0.220. The summed E-state index contributed by atoms with van der Waals surface area (Å²) < 4.78 is 0. The Morgan fingerprint density at radius 2 is 2.50 bits per heavy atom. The number of hydrogen-bond acceptors (Lipinski definition) is 4. The number of aliphatic imine (C=N–C) groups is 1. The van der Waals surface area contributed by atoms with E-state index in [4.69, 9.17) is 0 Å². The highest BCUT2D eigenvalue weighted by atomic mass is 32.2. The van der Waals surface area contributed by atoms with Crippen molar-refractivity contribution in [3.05, 3.63) is 0 Å². The number of likely N-dealkylation sites (tertiary alicyclic amines) is 1. The first-order valence-corrected chi connectivity index (χ1v) is 6.38. The second kappa shape index (κ2) is 4.53. The molecule has 0 aromatic carbocycles. The van der Waals surface area contributed by atoms with Gasteiger partial charge in [0.1, 0.15) is 0 Å². The molecule has 0 spiro atoms. The van der Waals surface area contributed by atoms with Gasteiger partial charge in [-0.2, -0.15) is 0 Å². The predicted molar refractivity (Wildman–Crippen MR) is 63.0 cm³/mol. The number of rotatable bonds is 2. The summed E-state index contributed by atoms with van der Waals surface area (Å²) >= 11 is 1.89. The molecule has 1 N–H and O–H groups in total. The molecular weight excluding hydrogens is 194 g/mol. The predicted octanol–water partition coefficient (Wildman–Crippen LogP) is 1.16. The number of amidine groups is 1. The van der Waals surface area contributed by atoms with Crippen LogP contribution in [0.1, 0.15) is 19.8 Å². The van der Waals surface area contributed by atoms with Gasteiger partial charge in [0, 0.05) is 17.8 Å². The van der Waals surface area contributed by atoms with Crippen molar-refractivity contribution in [1.29, 1.82) is 0 Å². The molecule has 14 heavy (non-hydrogen) atoms. The van der Waals surface area contributed by atoms with Gasteiger partial charge in [0.2, 0.25) is 0 Å². The number of hydrogen-bond donors (Lipinski definition) is 1. The van der Waals surface area contributed by atoms with Gasteiger partial charge >= 0.3 is 0 Å². The molecule has 2 aliphatic rings. The van der Waals surface area contributed by atoms with Gasteiger partial charge in [-0.1, -0.05) is 11.8 Å². The van der Waals surface area contributed by atoms with Crippen LogP contribution in [0.25, 0.3) is 0 Å². The third-order valence-corrected chi connectivity index (χ3v) is 4.03. The summed E-state index contributed by atoms with van der Waals surface area (Å²) in [7, 11) is 2.23. The Balaban J connectivity index is 1.72. The Labute approximate surface area is 90.3 Å². The lowest BCUT2D eigenvalue weighted by Gasteiger charge is -2.18. The van der Waals surface area contributed by atoms with Gasteiger partial charge < -0.3 is 10.2 Å². The van der Waals surface area contributed by atoms with E-state index in [2.05, 4.69) is 29.2 Å². The monoisotopic (exact) mass is 213 g/mol. The zero-order chi connectivity index (χ0) is 9.97. The molecule has 0 amide bonds. The van der Waals surface area contributed by atoms with Crippen LogP contribution in [-0.2, 0) is 0 Å². The Morgan fingerprint density at radius 3 is 3.07 bits per heavy atom. The fourth-order valence-electron chi connectivity index (χ4n) is 1.97. The quantitative estimate of drug-likeness (QED) is 0.746. The zero-order valence-corrected chi connectivity index (χ0v) is 9.81. The van der Waals surface area contributed by atoms with Crippen LogP contribution in [0.4, 0.5) is 0 Å². The first-order valence-electron chi connectivity index (χ1n) is 5.40. The fourth-order valence-corrected chi connectivity index (χ4v) is 3.20. The third kappa shape index (κ3) is 2.42. The third-order valence-electron chi connectivity index (χ3n) is 2.96. The molecule has 1 saturated heterocycles. The van der Waals surface area contributed by atoms with Gasteiger partial charge in [-0.15, -0.1) is 0 Å². The normalized spacial score (nSPS) is 33.1. The van der Waals surface area contributed by atoms with Gasteiger partial charge in [-0.25, -0.2) is 0 Å². The van der Waals surface area contributed by atoms with E-state index in [0.29, 0.717) is 6.04 Å². The molecule has 0 aromatic heterocycles. The first kappa shape index (κ1) is 10.3. The van der Waals surface area contributed by atoms with Crippen molar-refractivity contribution in [2.45, 2.75) is 31.8 Å². The minimum Gasteiger partial charge on any atom is -0.361 e. The molecule has 2 unspecified atom stereocenters. The average molecular weight is 213 g/mol. The van der Waals surface area contributed by atoms with E-state index >= 15 is 0 Å². The highest BCUT2D eigenvalue weighted by molar-refractivity contribution is 8.13. The van der Waals surface area contributed by atoms with E-state index in [1.165, 1.54) is 25.1 Å². The van der Waals surface area contributed by atoms with Gasteiger partial charge in [-0.3, -0.25) is 4.99 Å². The van der Waals surface area contributed by atoms with Crippen molar-refractivity contribution in [2.24, 2.45) is 4.99 Å². The molecule has 2 aliphatic heterocycles. The Kier molecular flexibility index (Phi) is 3.34. The van der Waals surface area contributed by atoms with E-state index in [9.17, 15) is 0 Å². The second-order valence-electron chi connectivity index (χ2n) is 4.28. The van der Waals surface area contributed by atoms with Crippen LogP contribution in [0.5, 0.6) is 0 Å². The minimum atomic E-state index is 0.541. The Morgan fingerprint density at radius 1 is 1.64 bits per heavy atom. The van der Waals surface area contributed by atoms with Crippen LogP contribution >= 0.6 is 11.8 Å². The molecule has 0 bridgehead atoms. The molecule has 80 valence electrons. The van der Waals surface area contributed by atoms with Crippen LogP contribution in [0.2, 0.25) is 0 Å². The molecule has 0 radical (unpaired) electrons. The zero-order valence-electron chi connectivity index (χ0n) is 8.99. The summed E-state index contributed by atoms with van der Waals surface area (Å²) in [5, 5.41) is 4.54. The fraction of sp³-hybridized carbons (Fsp3) is 0.900.